The second kappa shape index (κ2) is 6.75. The summed E-state index contributed by atoms with van der Waals surface area (Å²) in [6.45, 7) is 0. The summed E-state index contributed by atoms with van der Waals surface area (Å²) in [5, 5.41) is 0. The molecule has 0 aliphatic carbocycles. The first-order chi connectivity index (χ1) is 13.2. The van der Waals surface area contributed by atoms with Crippen molar-refractivity contribution in [2.75, 3.05) is 0 Å². The van der Waals surface area contributed by atoms with E-state index in [0.29, 0.717) is 25.8 Å². The molecule has 0 atom stereocenters. The van der Waals surface area contributed by atoms with Crippen LogP contribution < -0.4 is 0 Å². The van der Waals surface area contributed by atoms with E-state index in [0.717, 1.165) is 3.57 Å². The average molecular weight is 536 g/mol. The lowest BCUT2D eigenvalue weighted by Crippen LogP contribution is -2.27. The van der Waals surface area contributed by atoms with Crippen molar-refractivity contribution in [1.29, 1.82) is 0 Å². The summed E-state index contributed by atoms with van der Waals surface area (Å²) in [7, 11) is -8.98. The molecule has 0 unspecified atom stereocenters. The predicted octanol–water partition coefficient (Wildman–Crippen LogP) is 6.33. The van der Waals surface area contributed by atoms with E-state index in [1.165, 1.54) is 0 Å². The monoisotopic (exact) mass is 536 g/mol. The summed E-state index contributed by atoms with van der Waals surface area (Å²) in [5.41, 5.74) is -4.18. The molecule has 3 aromatic carbocycles. The van der Waals surface area contributed by atoms with Crippen LogP contribution in [0.3, 0.4) is 0 Å². The number of benzene rings is 3. The van der Waals surface area contributed by atoms with Crippen molar-refractivity contribution >= 4 is 43.0 Å². The number of hydrogen-bond donors (Lipinski definition) is 0. The Kier molecular flexibility index (Phi) is 4.76. The zero-order chi connectivity index (χ0) is 20.2. The Morgan fingerprint density at radius 1 is 0.786 bits per heavy atom. The quantitative estimate of drug-likeness (QED) is 0.290. The second-order valence-corrected chi connectivity index (χ2v) is 11.6. The summed E-state index contributed by atoms with van der Waals surface area (Å²) < 4.78 is 70.2. The molecular weight excluding hydrogens is 524 g/mol. The smallest absolute Gasteiger partial charge is 0.200 e. The number of halogens is 4. The van der Waals surface area contributed by atoms with Gasteiger partial charge in [-0.15, -0.1) is 0 Å². The first kappa shape index (κ1) is 19.7. The molecule has 0 aromatic heterocycles. The molecule has 0 fully saturated rings. The van der Waals surface area contributed by atoms with Crippen molar-refractivity contribution < 1.29 is 25.2 Å². The topological polar surface area (TPSA) is 43.4 Å². The molecule has 0 bridgehead atoms. The Labute approximate surface area is 175 Å². The number of rotatable bonds is 3. The molecular formula is C19H12F3IO3S2. The first-order valence-electron chi connectivity index (χ1n) is 7.97. The summed E-state index contributed by atoms with van der Waals surface area (Å²) in [6.07, 6.45) is 0. The van der Waals surface area contributed by atoms with Crippen molar-refractivity contribution in [3.05, 3.63) is 76.4 Å². The standard InChI is InChI=1S/C19H12F3IO3S2/c20-19(21,22)28(24,25)26-27(14-11-9-13(23)10-12-14)17-7-3-1-5-15(17)16-6-2-4-8-18(16)27/h1-12H. The third-order valence-corrected chi connectivity index (χ3v) is 10.0. The molecule has 0 saturated carbocycles. The van der Waals surface area contributed by atoms with Gasteiger partial charge in [-0.2, -0.15) is 25.2 Å². The molecule has 146 valence electrons. The molecule has 3 nitrogen and oxygen atoms in total. The maximum atomic E-state index is 13.3. The van der Waals surface area contributed by atoms with Gasteiger partial charge in [0.25, 0.3) is 0 Å². The molecule has 0 saturated heterocycles. The Morgan fingerprint density at radius 2 is 1.25 bits per heavy atom. The molecule has 1 aliphatic heterocycles. The van der Waals surface area contributed by atoms with E-state index < -0.39 is 25.9 Å². The highest BCUT2D eigenvalue weighted by Crippen LogP contribution is 2.77. The Balaban J connectivity index is 2.09. The molecule has 0 N–H and O–H groups in total. The van der Waals surface area contributed by atoms with Crippen LogP contribution in [0.5, 0.6) is 0 Å². The molecule has 0 amide bonds. The molecule has 1 heterocycles. The highest BCUT2D eigenvalue weighted by Gasteiger charge is 2.54. The minimum atomic E-state index is -5.85. The van der Waals surface area contributed by atoms with Gasteiger partial charge in [-0.25, -0.2) is 0 Å². The predicted molar refractivity (Wildman–Crippen MR) is 109 cm³/mol. The molecule has 1 aliphatic rings. The zero-order valence-electron chi connectivity index (χ0n) is 14.0. The van der Waals surface area contributed by atoms with Crippen LogP contribution in [-0.2, 0) is 13.7 Å². The average Bonchev–Trinajstić information content (AvgIpc) is 2.93. The number of fused-ring (bicyclic) bond motifs is 3. The van der Waals surface area contributed by atoms with Gasteiger partial charge in [0.05, 0.1) is 0 Å². The summed E-state index contributed by atoms with van der Waals surface area (Å²) in [4.78, 5) is 1.26. The van der Waals surface area contributed by atoms with Gasteiger partial charge in [-0.05, 0) is 80.4 Å². The van der Waals surface area contributed by atoms with E-state index in [2.05, 4.69) is 22.6 Å². The number of hydrogen-bond acceptors (Lipinski definition) is 3. The third kappa shape index (κ3) is 2.95. The summed E-state index contributed by atoms with van der Waals surface area (Å²) in [6, 6.07) is 20.3. The van der Waals surface area contributed by atoms with Gasteiger partial charge < -0.3 is 0 Å². The Hall–Kier alpha value is -1.56. The third-order valence-electron chi connectivity index (χ3n) is 4.30. The molecule has 28 heavy (non-hydrogen) atoms. The Morgan fingerprint density at radius 3 is 1.71 bits per heavy atom. The molecule has 3 aromatic rings. The fraction of sp³-hybridized carbons (Fsp3) is 0.0526. The second-order valence-electron chi connectivity index (χ2n) is 5.97. The lowest BCUT2D eigenvalue weighted by molar-refractivity contribution is -0.0496. The minimum absolute atomic E-state index is 0.387. The highest BCUT2D eigenvalue weighted by atomic mass is 127. The van der Waals surface area contributed by atoms with Gasteiger partial charge in [-0.3, -0.25) is 0 Å². The van der Waals surface area contributed by atoms with Crippen LogP contribution >= 0.6 is 32.9 Å². The van der Waals surface area contributed by atoms with E-state index in [9.17, 15) is 21.6 Å². The molecule has 9 heteroatoms. The van der Waals surface area contributed by atoms with Gasteiger partial charge >= 0.3 is 15.6 Å². The van der Waals surface area contributed by atoms with E-state index in [4.69, 9.17) is 3.63 Å². The maximum Gasteiger partial charge on any atom is 0.524 e. The van der Waals surface area contributed by atoms with E-state index in [-0.39, 0.29) is 0 Å². The van der Waals surface area contributed by atoms with Crippen LogP contribution in [0.1, 0.15) is 0 Å². The SMILES string of the molecule is O=S(=O)(OS1(c2ccc(I)cc2)c2ccccc2-c2ccccc21)C(F)(F)F. The van der Waals surface area contributed by atoms with E-state index >= 15 is 0 Å². The largest absolute Gasteiger partial charge is 0.524 e. The molecule has 0 radical (unpaired) electrons. The van der Waals surface area contributed by atoms with Crippen LogP contribution in [0.25, 0.3) is 11.1 Å². The van der Waals surface area contributed by atoms with Crippen molar-refractivity contribution in [2.24, 2.45) is 0 Å². The van der Waals surface area contributed by atoms with Crippen molar-refractivity contribution in [3.63, 3.8) is 0 Å². The fourth-order valence-electron chi connectivity index (χ4n) is 3.16. The molecule has 4 rings (SSSR count). The Bertz CT molecular complexity index is 1110. The van der Waals surface area contributed by atoms with E-state index in [1.807, 2.05) is 0 Å². The van der Waals surface area contributed by atoms with E-state index in [1.54, 1.807) is 72.8 Å². The maximum absolute atomic E-state index is 13.3. The van der Waals surface area contributed by atoms with Gasteiger partial charge in [-0.1, -0.05) is 36.4 Å². The van der Waals surface area contributed by atoms with Crippen molar-refractivity contribution in [3.8, 4) is 11.1 Å². The normalized spacial score (nSPS) is 16.3. The lowest BCUT2D eigenvalue weighted by atomic mass is 10.1. The summed E-state index contributed by atoms with van der Waals surface area (Å²) >= 11 is 2.08. The van der Waals surface area contributed by atoms with Crippen LogP contribution in [-0.4, -0.2) is 13.9 Å². The van der Waals surface area contributed by atoms with Crippen molar-refractivity contribution in [1.82, 2.24) is 0 Å². The van der Waals surface area contributed by atoms with Gasteiger partial charge in [0, 0.05) is 18.3 Å². The van der Waals surface area contributed by atoms with Crippen LogP contribution in [0.4, 0.5) is 13.2 Å². The van der Waals surface area contributed by atoms with Gasteiger partial charge in [0.15, 0.2) is 0 Å². The van der Waals surface area contributed by atoms with Crippen LogP contribution in [0.2, 0.25) is 0 Å². The summed E-state index contributed by atoms with van der Waals surface area (Å²) in [5.74, 6) is 0. The van der Waals surface area contributed by atoms with Crippen LogP contribution in [0, 0.1) is 3.57 Å². The highest BCUT2D eigenvalue weighted by molar-refractivity contribution is 14.1. The fourth-order valence-corrected chi connectivity index (χ4v) is 8.59. The minimum Gasteiger partial charge on any atom is -0.200 e. The van der Waals surface area contributed by atoms with Crippen molar-refractivity contribution in [2.45, 2.75) is 20.2 Å². The first-order valence-corrected chi connectivity index (χ1v) is 12.0. The van der Waals surface area contributed by atoms with Crippen LogP contribution in [0.15, 0.2) is 87.5 Å². The number of alkyl halides is 3. The lowest BCUT2D eigenvalue weighted by Gasteiger charge is -2.36. The molecule has 0 spiro atoms. The van der Waals surface area contributed by atoms with Gasteiger partial charge in [0.2, 0.25) is 0 Å². The zero-order valence-corrected chi connectivity index (χ0v) is 17.8. The van der Waals surface area contributed by atoms with Gasteiger partial charge in [0.1, 0.15) is 0 Å².